The van der Waals surface area contributed by atoms with Gasteiger partial charge in [0, 0.05) is 29.9 Å². The van der Waals surface area contributed by atoms with Crippen molar-refractivity contribution in [1.82, 2.24) is 9.88 Å². The normalized spacial score (nSPS) is 15.5. The number of piperidine rings is 1. The summed E-state index contributed by atoms with van der Waals surface area (Å²) < 4.78 is 22.7. The number of aliphatic hydroxyl groups excluding tert-OH is 1. The van der Waals surface area contributed by atoms with Gasteiger partial charge in [0.25, 0.3) is 0 Å². The molecule has 7 nitrogen and oxygen atoms in total. The van der Waals surface area contributed by atoms with Crippen LogP contribution in [0.1, 0.15) is 24.3 Å². The molecule has 1 aliphatic heterocycles. The number of fused-ring (bicyclic) bond motifs is 1. The van der Waals surface area contributed by atoms with Crippen LogP contribution in [0.25, 0.3) is 22.4 Å². The van der Waals surface area contributed by atoms with E-state index in [1.807, 2.05) is 24.4 Å². The Morgan fingerprint density at radius 3 is 2.37 bits per heavy atom. The Bertz CT molecular complexity index is 983. The quantitative estimate of drug-likeness (QED) is 0.634. The number of aromatic nitrogens is 1. The number of methoxy groups -OCH3 is 3. The first-order valence-corrected chi connectivity index (χ1v) is 10.2. The van der Waals surface area contributed by atoms with Crippen LogP contribution in [0.15, 0.2) is 34.9 Å². The fourth-order valence-corrected chi connectivity index (χ4v) is 4.25. The van der Waals surface area contributed by atoms with E-state index in [0.717, 1.165) is 49.1 Å². The fourth-order valence-electron chi connectivity index (χ4n) is 4.25. The molecule has 0 saturated carbocycles. The van der Waals surface area contributed by atoms with Gasteiger partial charge >= 0.3 is 0 Å². The molecular weight excluding hydrogens is 384 g/mol. The van der Waals surface area contributed by atoms with Gasteiger partial charge in [0.1, 0.15) is 11.3 Å². The predicted octanol–water partition coefficient (Wildman–Crippen LogP) is 3.69. The van der Waals surface area contributed by atoms with Crippen molar-refractivity contribution in [2.45, 2.75) is 18.8 Å². The first-order valence-electron chi connectivity index (χ1n) is 10.2. The number of ether oxygens (including phenoxy) is 3. The fraction of sp³-hybridized carbons (Fsp3) is 0.435. The van der Waals surface area contributed by atoms with E-state index in [2.05, 4.69) is 16.0 Å². The second kappa shape index (κ2) is 8.93. The standard InChI is InChI=1S/C23H28N2O5/c1-27-20-12-16(13-21(28-2)23(20)29-3)19-14-18-22(30-19)17(4-7-24-18)15-5-8-25(9-6-15)10-11-26/h4,7,12-15,26H,5-6,8-11H2,1-3H3. The van der Waals surface area contributed by atoms with E-state index in [0.29, 0.717) is 28.9 Å². The van der Waals surface area contributed by atoms with Crippen LogP contribution in [0.3, 0.4) is 0 Å². The Kier molecular flexibility index (Phi) is 6.11. The molecule has 1 N–H and O–H groups in total. The van der Waals surface area contributed by atoms with Crippen molar-refractivity contribution >= 4 is 11.1 Å². The molecule has 0 bridgehead atoms. The Hall–Kier alpha value is -2.77. The molecule has 3 aromatic rings. The molecule has 7 heteroatoms. The third-order valence-electron chi connectivity index (χ3n) is 5.84. The minimum atomic E-state index is 0.209. The van der Waals surface area contributed by atoms with Gasteiger partial charge in [-0.3, -0.25) is 4.98 Å². The van der Waals surface area contributed by atoms with Crippen molar-refractivity contribution in [3.63, 3.8) is 0 Å². The number of β-amino-alcohol motifs (C(OH)–C–C–N with tert-alkyl or cyclic N) is 1. The zero-order chi connectivity index (χ0) is 21.1. The van der Waals surface area contributed by atoms with Gasteiger partial charge in [-0.2, -0.15) is 0 Å². The Morgan fingerprint density at radius 1 is 1.07 bits per heavy atom. The predicted molar refractivity (Wildman–Crippen MR) is 115 cm³/mol. The van der Waals surface area contributed by atoms with Crippen molar-refractivity contribution in [3.8, 4) is 28.6 Å². The van der Waals surface area contributed by atoms with E-state index in [4.69, 9.17) is 18.6 Å². The molecule has 4 rings (SSSR count). The average Bonchev–Trinajstić information content (AvgIpc) is 3.23. The smallest absolute Gasteiger partial charge is 0.203 e. The highest BCUT2D eigenvalue weighted by atomic mass is 16.5. The van der Waals surface area contributed by atoms with Gasteiger partial charge < -0.3 is 28.6 Å². The van der Waals surface area contributed by atoms with Crippen LogP contribution in [0.4, 0.5) is 0 Å². The first-order chi connectivity index (χ1) is 14.7. The van der Waals surface area contributed by atoms with Crippen LogP contribution in [0, 0.1) is 0 Å². The molecular formula is C23H28N2O5. The topological polar surface area (TPSA) is 77.2 Å². The van der Waals surface area contributed by atoms with E-state index < -0.39 is 0 Å². The van der Waals surface area contributed by atoms with Gasteiger partial charge in [-0.25, -0.2) is 0 Å². The molecule has 1 saturated heterocycles. The van der Waals surface area contributed by atoms with Crippen LogP contribution in [0.5, 0.6) is 17.2 Å². The van der Waals surface area contributed by atoms with Crippen molar-refractivity contribution < 1.29 is 23.7 Å². The van der Waals surface area contributed by atoms with Crippen molar-refractivity contribution in [1.29, 1.82) is 0 Å². The lowest BCUT2D eigenvalue weighted by atomic mass is 9.89. The third-order valence-corrected chi connectivity index (χ3v) is 5.84. The second-order valence-corrected chi connectivity index (χ2v) is 7.48. The molecule has 0 unspecified atom stereocenters. The van der Waals surface area contributed by atoms with Crippen LogP contribution < -0.4 is 14.2 Å². The Morgan fingerprint density at radius 2 is 1.77 bits per heavy atom. The van der Waals surface area contributed by atoms with Crippen LogP contribution in [-0.4, -0.2) is 62.6 Å². The maximum Gasteiger partial charge on any atom is 0.203 e. The van der Waals surface area contributed by atoms with E-state index in [9.17, 15) is 5.11 Å². The molecule has 30 heavy (non-hydrogen) atoms. The number of furan rings is 1. The summed E-state index contributed by atoms with van der Waals surface area (Å²) in [6.07, 6.45) is 3.94. The molecule has 2 aromatic heterocycles. The molecule has 0 amide bonds. The van der Waals surface area contributed by atoms with Crippen LogP contribution >= 0.6 is 0 Å². The minimum Gasteiger partial charge on any atom is -0.493 e. The van der Waals surface area contributed by atoms with E-state index in [-0.39, 0.29) is 6.61 Å². The summed E-state index contributed by atoms with van der Waals surface area (Å²) in [6.45, 7) is 2.91. The van der Waals surface area contributed by atoms with Crippen molar-refractivity contribution in [3.05, 3.63) is 36.0 Å². The number of hydrogen-bond acceptors (Lipinski definition) is 7. The lowest BCUT2D eigenvalue weighted by Crippen LogP contribution is -2.34. The second-order valence-electron chi connectivity index (χ2n) is 7.48. The molecule has 0 aliphatic carbocycles. The summed E-state index contributed by atoms with van der Waals surface area (Å²) in [6, 6.07) is 7.79. The van der Waals surface area contributed by atoms with Crippen LogP contribution in [-0.2, 0) is 0 Å². The number of likely N-dealkylation sites (tertiary alicyclic amines) is 1. The first kappa shape index (κ1) is 20.5. The zero-order valence-corrected chi connectivity index (χ0v) is 17.7. The number of rotatable bonds is 7. The van der Waals surface area contributed by atoms with Gasteiger partial charge in [0.15, 0.2) is 17.1 Å². The molecule has 0 radical (unpaired) electrons. The monoisotopic (exact) mass is 412 g/mol. The van der Waals surface area contributed by atoms with Gasteiger partial charge in [0.05, 0.1) is 27.9 Å². The summed E-state index contributed by atoms with van der Waals surface area (Å²) in [4.78, 5) is 6.83. The number of benzene rings is 1. The van der Waals surface area contributed by atoms with Crippen LogP contribution in [0.2, 0.25) is 0 Å². The van der Waals surface area contributed by atoms with Gasteiger partial charge in [0.2, 0.25) is 5.75 Å². The average molecular weight is 412 g/mol. The lowest BCUT2D eigenvalue weighted by molar-refractivity contribution is 0.164. The molecule has 160 valence electrons. The summed E-state index contributed by atoms with van der Waals surface area (Å²) in [5, 5.41) is 9.17. The van der Waals surface area contributed by atoms with Gasteiger partial charge in [-0.15, -0.1) is 0 Å². The highest BCUT2D eigenvalue weighted by Crippen LogP contribution is 2.43. The summed E-state index contributed by atoms with van der Waals surface area (Å²) >= 11 is 0. The summed E-state index contributed by atoms with van der Waals surface area (Å²) in [5.41, 5.74) is 3.71. The SMILES string of the molecule is COc1cc(-c2cc3nccc(C4CCN(CCO)CC4)c3o2)cc(OC)c1OC. The molecule has 1 aliphatic rings. The molecule has 3 heterocycles. The number of nitrogens with zero attached hydrogens (tertiary/aromatic N) is 2. The summed E-state index contributed by atoms with van der Waals surface area (Å²) in [7, 11) is 4.79. The maximum atomic E-state index is 9.17. The largest absolute Gasteiger partial charge is 0.493 e. The number of aliphatic hydroxyl groups is 1. The molecule has 1 fully saturated rings. The highest BCUT2D eigenvalue weighted by Gasteiger charge is 2.24. The molecule has 0 spiro atoms. The number of hydrogen-bond donors (Lipinski definition) is 1. The highest BCUT2D eigenvalue weighted by molar-refractivity contribution is 5.83. The third kappa shape index (κ3) is 3.82. The van der Waals surface area contributed by atoms with E-state index >= 15 is 0 Å². The van der Waals surface area contributed by atoms with E-state index in [1.165, 1.54) is 5.56 Å². The maximum absolute atomic E-state index is 9.17. The van der Waals surface area contributed by atoms with Crippen molar-refractivity contribution in [2.75, 3.05) is 47.6 Å². The lowest BCUT2D eigenvalue weighted by Gasteiger charge is -2.31. The molecule has 1 aromatic carbocycles. The Labute approximate surface area is 176 Å². The Balaban J connectivity index is 1.69. The van der Waals surface area contributed by atoms with E-state index in [1.54, 1.807) is 21.3 Å². The molecule has 0 atom stereocenters. The number of pyridine rings is 1. The summed E-state index contributed by atoms with van der Waals surface area (Å²) in [5.74, 6) is 2.84. The minimum absolute atomic E-state index is 0.209. The zero-order valence-electron chi connectivity index (χ0n) is 17.7. The van der Waals surface area contributed by atoms with Crippen molar-refractivity contribution in [2.24, 2.45) is 0 Å². The van der Waals surface area contributed by atoms with Gasteiger partial charge in [-0.05, 0) is 50.0 Å². The van der Waals surface area contributed by atoms with Gasteiger partial charge in [-0.1, -0.05) is 0 Å².